The summed E-state index contributed by atoms with van der Waals surface area (Å²) >= 11 is 1.60. The number of carbonyl (C=O) groups is 2. The molecule has 142 valence electrons. The molecule has 2 aromatic carbocycles. The Kier molecular flexibility index (Phi) is 6.76. The van der Waals surface area contributed by atoms with Crippen LogP contribution in [-0.2, 0) is 9.53 Å². The van der Waals surface area contributed by atoms with Crippen LogP contribution in [0.3, 0.4) is 0 Å². The Morgan fingerprint density at radius 1 is 1.00 bits per heavy atom. The van der Waals surface area contributed by atoms with Crippen LogP contribution in [0.5, 0.6) is 0 Å². The third-order valence-electron chi connectivity index (χ3n) is 4.53. The maximum Gasteiger partial charge on any atom is 0.338 e. The van der Waals surface area contributed by atoms with E-state index in [9.17, 15) is 9.59 Å². The largest absolute Gasteiger partial charge is 0.452 e. The predicted octanol–water partition coefficient (Wildman–Crippen LogP) is 4.19. The van der Waals surface area contributed by atoms with Gasteiger partial charge >= 0.3 is 5.97 Å². The minimum absolute atomic E-state index is 0.309. The highest BCUT2D eigenvalue weighted by Gasteiger charge is 2.12. The van der Waals surface area contributed by atoms with Gasteiger partial charge < -0.3 is 15.0 Å². The molecule has 2 aromatic rings. The first-order valence-corrected chi connectivity index (χ1v) is 10.3. The number of hydrogen-bond acceptors (Lipinski definition) is 5. The van der Waals surface area contributed by atoms with Crippen molar-refractivity contribution in [3.8, 4) is 0 Å². The van der Waals surface area contributed by atoms with Crippen molar-refractivity contribution < 1.29 is 14.3 Å². The zero-order chi connectivity index (χ0) is 19.1. The van der Waals surface area contributed by atoms with Crippen molar-refractivity contribution in [3.05, 3.63) is 54.1 Å². The minimum Gasteiger partial charge on any atom is -0.452 e. The molecule has 1 saturated heterocycles. The number of carbonyl (C=O) groups excluding carboxylic acids is 2. The SMILES string of the molecule is CSc1ccc(C(=O)OCC(=O)Nc2ccc(N3CCCCC3)cc2)cc1. The van der Waals surface area contributed by atoms with Crippen molar-refractivity contribution in [3.63, 3.8) is 0 Å². The van der Waals surface area contributed by atoms with Crippen LogP contribution in [0.15, 0.2) is 53.4 Å². The summed E-state index contributed by atoms with van der Waals surface area (Å²) < 4.78 is 5.09. The van der Waals surface area contributed by atoms with Crippen LogP contribution in [0.4, 0.5) is 11.4 Å². The molecular formula is C21H24N2O3S. The number of esters is 1. The van der Waals surface area contributed by atoms with Gasteiger partial charge in [-0.25, -0.2) is 4.79 Å². The molecule has 0 aromatic heterocycles. The lowest BCUT2D eigenvalue weighted by Crippen LogP contribution is -2.29. The number of hydrogen-bond donors (Lipinski definition) is 1. The van der Waals surface area contributed by atoms with Crippen LogP contribution in [-0.4, -0.2) is 37.8 Å². The van der Waals surface area contributed by atoms with Crippen LogP contribution >= 0.6 is 11.8 Å². The van der Waals surface area contributed by atoms with E-state index in [0.717, 1.165) is 18.0 Å². The Hall–Kier alpha value is -2.47. The standard InChI is InChI=1S/C21H24N2O3S/c1-27-19-11-5-16(6-12-19)21(25)26-15-20(24)22-17-7-9-18(10-8-17)23-13-3-2-4-14-23/h5-12H,2-4,13-15H2,1H3,(H,22,24). The number of thioether (sulfide) groups is 1. The molecule has 0 radical (unpaired) electrons. The highest BCUT2D eigenvalue weighted by Crippen LogP contribution is 2.21. The molecular weight excluding hydrogens is 360 g/mol. The summed E-state index contributed by atoms with van der Waals surface area (Å²) in [5, 5.41) is 2.76. The van der Waals surface area contributed by atoms with E-state index >= 15 is 0 Å². The molecule has 1 heterocycles. The molecule has 0 spiro atoms. The van der Waals surface area contributed by atoms with Crippen LogP contribution in [0, 0.1) is 0 Å². The van der Waals surface area contributed by atoms with Gasteiger partial charge in [0.15, 0.2) is 6.61 Å². The molecule has 0 unspecified atom stereocenters. The molecule has 1 amide bonds. The maximum absolute atomic E-state index is 12.0. The zero-order valence-electron chi connectivity index (χ0n) is 15.4. The summed E-state index contributed by atoms with van der Waals surface area (Å²) in [4.78, 5) is 27.5. The lowest BCUT2D eigenvalue weighted by molar-refractivity contribution is -0.119. The molecule has 5 nitrogen and oxygen atoms in total. The zero-order valence-corrected chi connectivity index (χ0v) is 16.3. The van der Waals surface area contributed by atoms with Crippen LogP contribution in [0.2, 0.25) is 0 Å². The van der Waals surface area contributed by atoms with Crippen LogP contribution in [0.1, 0.15) is 29.6 Å². The summed E-state index contributed by atoms with van der Waals surface area (Å²) in [5.41, 5.74) is 2.31. The number of piperidine rings is 1. The quantitative estimate of drug-likeness (QED) is 0.598. The van der Waals surface area contributed by atoms with Gasteiger partial charge in [-0.1, -0.05) is 0 Å². The van der Waals surface area contributed by atoms with Gasteiger partial charge in [-0.15, -0.1) is 11.8 Å². The molecule has 1 aliphatic heterocycles. The number of amides is 1. The van der Waals surface area contributed by atoms with E-state index in [-0.39, 0.29) is 12.5 Å². The van der Waals surface area contributed by atoms with Gasteiger partial charge in [0.2, 0.25) is 0 Å². The summed E-state index contributed by atoms with van der Waals surface area (Å²) in [6.45, 7) is 1.86. The highest BCUT2D eigenvalue weighted by molar-refractivity contribution is 7.98. The Morgan fingerprint density at radius 2 is 1.67 bits per heavy atom. The Bertz CT molecular complexity index is 769. The first-order valence-electron chi connectivity index (χ1n) is 9.12. The number of ether oxygens (including phenoxy) is 1. The fourth-order valence-electron chi connectivity index (χ4n) is 3.05. The number of benzene rings is 2. The van der Waals surface area contributed by atoms with Gasteiger partial charge in [-0.05, 0) is 74.0 Å². The molecule has 1 fully saturated rings. The number of nitrogens with one attached hydrogen (secondary N) is 1. The van der Waals surface area contributed by atoms with E-state index in [1.165, 1.54) is 24.9 Å². The normalized spacial score (nSPS) is 13.9. The second-order valence-corrected chi connectivity index (χ2v) is 7.33. The van der Waals surface area contributed by atoms with Gasteiger partial charge in [-0.2, -0.15) is 0 Å². The van der Waals surface area contributed by atoms with Gasteiger partial charge in [0.05, 0.1) is 5.56 Å². The summed E-state index contributed by atoms with van der Waals surface area (Å²) in [7, 11) is 0. The van der Waals surface area contributed by atoms with E-state index < -0.39 is 5.97 Å². The molecule has 6 heteroatoms. The summed E-state index contributed by atoms with van der Waals surface area (Å²) in [6, 6.07) is 14.9. The first-order chi connectivity index (χ1) is 13.2. The van der Waals surface area contributed by atoms with Gasteiger partial charge in [0.1, 0.15) is 0 Å². The van der Waals surface area contributed by atoms with E-state index in [1.807, 2.05) is 42.7 Å². The van der Waals surface area contributed by atoms with E-state index in [2.05, 4.69) is 10.2 Å². The molecule has 1 N–H and O–H groups in total. The van der Waals surface area contributed by atoms with Crippen molar-refractivity contribution in [1.29, 1.82) is 0 Å². The van der Waals surface area contributed by atoms with Crippen LogP contribution < -0.4 is 10.2 Å². The van der Waals surface area contributed by atoms with Crippen molar-refractivity contribution in [2.75, 3.05) is 36.2 Å². The first kappa shape index (κ1) is 19.3. The van der Waals surface area contributed by atoms with E-state index in [0.29, 0.717) is 11.3 Å². The van der Waals surface area contributed by atoms with Crippen LogP contribution in [0.25, 0.3) is 0 Å². The second-order valence-electron chi connectivity index (χ2n) is 6.45. The summed E-state index contributed by atoms with van der Waals surface area (Å²) in [6.07, 6.45) is 5.72. The Balaban J connectivity index is 1.47. The van der Waals surface area contributed by atoms with Gasteiger partial charge in [0, 0.05) is 29.4 Å². The van der Waals surface area contributed by atoms with Crippen molar-refractivity contribution >= 4 is 35.0 Å². The van der Waals surface area contributed by atoms with Crippen molar-refractivity contribution in [2.45, 2.75) is 24.2 Å². The van der Waals surface area contributed by atoms with E-state index in [4.69, 9.17) is 4.74 Å². The molecule has 0 aliphatic carbocycles. The Labute approximate surface area is 164 Å². The number of anilines is 2. The molecule has 0 saturated carbocycles. The minimum atomic E-state index is -0.502. The molecule has 0 atom stereocenters. The fourth-order valence-corrected chi connectivity index (χ4v) is 3.45. The molecule has 27 heavy (non-hydrogen) atoms. The predicted molar refractivity (Wildman–Crippen MR) is 110 cm³/mol. The molecule has 0 bridgehead atoms. The lowest BCUT2D eigenvalue weighted by Gasteiger charge is -2.28. The van der Waals surface area contributed by atoms with Crippen molar-refractivity contribution in [1.82, 2.24) is 0 Å². The lowest BCUT2D eigenvalue weighted by atomic mass is 10.1. The second kappa shape index (κ2) is 9.46. The van der Waals surface area contributed by atoms with Crippen molar-refractivity contribution in [2.24, 2.45) is 0 Å². The Morgan fingerprint density at radius 3 is 2.30 bits per heavy atom. The number of nitrogens with zero attached hydrogens (tertiary/aromatic N) is 1. The third-order valence-corrected chi connectivity index (χ3v) is 5.28. The topological polar surface area (TPSA) is 58.6 Å². The molecule has 3 rings (SSSR count). The summed E-state index contributed by atoms with van der Waals surface area (Å²) in [5.74, 6) is -0.854. The van der Waals surface area contributed by atoms with Gasteiger partial charge in [0.25, 0.3) is 5.91 Å². The third kappa shape index (κ3) is 5.50. The molecule has 1 aliphatic rings. The smallest absolute Gasteiger partial charge is 0.338 e. The maximum atomic E-state index is 12.0. The average molecular weight is 385 g/mol. The monoisotopic (exact) mass is 384 g/mol. The number of rotatable bonds is 6. The van der Waals surface area contributed by atoms with E-state index in [1.54, 1.807) is 23.9 Å². The van der Waals surface area contributed by atoms with Gasteiger partial charge in [-0.3, -0.25) is 4.79 Å². The fraction of sp³-hybridized carbons (Fsp3) is 0.333. The average Bonchev–Trinajstić information content (AvgIpc) is 2.73. The highest BCUT2D eigenvalue weighted by atomic mass is 32.2.